The van der Waals surface area contributed by atoms with E-state index in [4.69, 9.17) is 9.84 Å². The summed E-state index contributed by atoms with van der Waals surface area (Å²) in [6.07, 6.45) is 2.38. The SMILES string of the molecule is OCC1(CNCCN2CCOCC2)CC1. The van der Waals surface area contributed by atoms with Crippen molar-refractivity contribution in [3.8, 4) is 0 Å². The molecule has 2 fully saturated rings. The molecule has 1 aliphatic carbocycles. The maximum atomic E-state index is 9.14. The smallest absolute Gasteiger partial charge is 0.0594 e. The predicted molar refractivity (Wildman–Crippen MR) is 58.9 cm³/mol. The molecule has 1 aliphatic heterocycles. The van der Waals surface area contributed by atoms with Crippen molar-refractivity contribution in [3.63, 3.8) is 0 Å². The van der Waals surface area contributed by atoms with Crippen LogP contribution in [0.15, 0.2) is 0 Å². The zero-order valence-corrected chi connectivity index (χ0v) is 9.37. The van der Waals surface area contributed by atoms with Crippen molar-refractivity contribution in [2.75, 3.05) is 52.5 Å². The normalized spacial score (nSPS) is 25.4. The Morgan fingerprint density at radius 1 is 1.27 bits per heavy atom. The zero-order chi connectivity index (χ0) is 10.6. The lowest BCUT2D eigenvalue weighted by molar-refractivity contribution is 0.0382. The van der Waals surface area contributed by atoms with Crippen LogP contribution in [0, 0.1) is 5.41 Å². The summed E-state index contributed by atoms with van der Waals surface area (Å²) in [5.41, 5.74) is 0.241. The van der Waals surface area contributed by atoms with E-state index in [1.54, 1.807) is 0 Å². The van der Waals surface area contributed by atoms with Crippen LogP contribution in [0.4, 0.5) is 0 Å². The molecule has 4 nitrogen and oxygen atoms in total. The maximum absolute atomic E-state index is 9.14. The fourth-order valence-electron chi connectivity index (χ4n) is 1.98. The molecule has 0 aromatic heterocycles. The van der Waals surface area contributed by atoms with Gasteiger partial charge in [-0.2, -0.15) is 0 Å². The first kappa shape index (κ1) is 11.3. The molecule has 0 aromatic carbocycles. The van der Waals surface area contributed by atoms with Crippen molar-refractivity contribution in [2.24, 2.45) is 5.41 Å². The fourth-order valence-corrected chi connectivity index (χ4v) is 1.98. The molecule has 0 amide bonds. The van der Waals surface area contributed by atoms with Gasteiger partial charge in [0, 0.05) is 44.7 Å². The van der Waals surface area contributed by atoms with Crippen molar-refractivity contribution >= 4 is 0 Å². The number of aliphatic hydroxyl groups is 1. The van der Waals surface area contributed by atoms with Gasteiger partial charge in [-0.15, -0.1) is 0 Å². The van der Waals surface area contributed by atoms with Gasteiger partial charge in [0.1, 0.15) is 0 Å². The minimum atomic E-state index is 0.241. The Morgan fingerprint density at radius 2 is 2.00 bits per heavy atom. The highest BCUT2D eigenvalue weighted by Crippen LogP contribution is 2.44. The van der Waals surface area contributed by atoms with Crippen LogP contribution >= 0.6 is 0 Å². The van der Waals surface area contributed by atoms with Crippen molar-refractivity contribution in [3.05, 3.63) is 0 Å². The van der Waals surface area contributed by atoms with Crippen LogP contribution in [-0.4, -0.2) is 62.6 Å². The molecular formula is C11H22N2O2. The molecular weight excluding hydrogens is 192 g/mol. The van der Waals surface area contributed by atoms with Crippen LogP contribution in [-0.2, 0) is 4.74 Å². The van der Waals surface area contributed by atoms with Gasteiger partial charge in [-0.1, -0.05) is 0 Å². The lowest BCUT2D eigenvalue weighted by Gasteiger charge is -2.26. The number of hydrogen-bond donors (Lipinski definition) is 2. The van der Waals surface area contributed by atoms with E-state index in [0.29, 0.717) is 6.61 Å². The Bertz CT molecular complexity index is 189. The molecule has 4 heteroatoms. The molecule has 0 spiro atoms. The molecule has 0 radical (unpaired) electrons. The van der Waals surface area contributed by atoms with E-state index in [1.807, 2.05) is 0 Å². The van der Waals surface area contributed by atoms with Gasteiger partial charge in [0.25, 0.3) is 0 Å². The van der Waals surface area contributed by atoms with Gasteiger partial charge < -0.3 is 15.2 Å². The molecule has 0 unspecified atom stereocenters. The first-order valence-electron chi connectivity index (χ1n) is 5.96. The highest BCUT2D eigenvalue weighted by Gasteiger charge is 2.41. The van der Waals surface area contributed by atoms with Gasteiger partial charge in [0.15, 0.2) is 0 Å². The Kier molecular flexibility index (Phi) is 3.97. The molecule has 2 rings (SSSR count). The second kappa shape index (κ2) is 5.25. The summed E-state index contributed by atoms with van der Waals surface area (Å²) in [4.78, 5) is 2.43. The van der Waals surface area contributed by atoms with E-state index in [0.717, 1.165) is 45.9 Å². The molecule has 88 valence electrons. The monoisotopic (exact) mass is 214 g/mol. The largest absolute Gasteiger partial charge is 0.396 e. The summed E-state index contributed by atoms with van der Waals surface area (Å²) in [6.45, 7) is 7.33. The molecule has 1 saturated carbocycles. The van der Waals surface area contributed by atoms with Crippen LogP contribution in [0.2, 0.25) is 0 Å². The molecule has 15 heavy (non-hydrogen) atoms. The Hall–Kier alpha value is -0.160. The van der Waals surface area contributed by atoms with Gasteiger partial charge in [0.2, 0.25) is 0 Å². The second-order valence-electron chi connectivity index (χ2n) is 4.79. The quantitative estimate of drug-likeness (QED) is 0.595. The zero-order valence-electron chi connectivity index (χ0n) is 9.37. The Balaban J connectivity index is 1.51. The standard InChI is InChI=1S/C11H22N2O2/c14-10-11(1-2-11)9-12-3-4-13-5-7-15-8-6-13/h12,14H,1-10H2. The number of hydrogen-bond acceptors (Lipinski definition) is 4. The van der Waals surface area contributed by atoms with E-state index in [9.17, 15) is 0 Å². The number of morpholine rings is 1. The minimum absolute atomic E-state index is 0.241. The molecule has 0 bridgehead atoms. The fraction of sp³-hybridized carbons (Fsp3) is 1.00. The van der Waals surface area contributed by atoms with Crippen LogP contribution < -0.4 is 5.32 Å². The van der Waals surface area contributed by atoms with Gasteiger partial charge >= 0.3 is 0 Å². The third kappa shape index (κ3) is 3.41. The van der Waals surface area contributed by atoms with Gasteiger partial charge in [-0.05, 0) is 12.8 Å². The van der Waals surface area contributed by atoms with Crippen molar-refractivity contribution in [1.82, 2.24) is 10.2 Å². The van der Waals surface area contributed by atoms with Crippen LogP contribution in [0.25, 0.3) is 0 Å². The summed E-state index contributed by atoms with van der Waals surface area (Å²) in [7, 11) is 0. The summed E-state index contributed by atoms with van der Waals surface area (Å²) in [5.74, 6) is 0. The van der Waals surface area contributed by atoms with E-state index < -0.39 is 0 Å². The summed E-state index contributed by atoms with van der Waals surface area (Å²) in [6, 6.07) is 0. The van der Waals surface area contributed by atoms with E-state index in [2.05, 4.69) is 10.2 Å². The van der Waals surface area contributed by atoms with Gasteiger partial charge in [-0.25, -0.2) is 0 Å². The predicted octanol–water partition coefficient (Wildman–Crippen LogP) is -0.319. The minimum Gasteiger partial charge on any atom is -0.396 e. The Morgan fingerprint density at radius 3 is 2.60 bits per heavy atom. The molecule has 0 atom stereocenters. The molecule has 1 saturated heterocycles. The van der Waals surface area contributed by atoms with E-state index in [1.165, 1.54) is 12.8 Å². The summed E-state index contributed by atoms with van der Waals surface area (Å²) < 4.78 is 5.29. The first-order valence-corrected chi connectivity index (χ1v) is 5.96. The van der Waals surface area contributed by atoms with Gasteiger partial charge in [0.05, 0.1) is 13.2 Å². The summed E-state index contributed by atoms with van der Waals surface area (Å²) in [5, 5.41) is 12.6. The highest BCUT2D eigenvalue weighted by molar-refractivity contribution is 4.94. The number of nitrogens with one attached hydrogen (secondary N) is 1. The third-order valence-electron chi connectivity index (χ3n) is 3.50. The van der Waals surface area contributed by atoms with Crippen molar-refractivity contribution in [2.45, 2.75) is 12.8 Å². The van der Waals surface area contributed by atoms with Gasteiger partial charge in [-0.3, -0.25) is 4.90 Å². The second-order valence-corrected chi connectivity index (χ2v) is 4.79. The highest BCUT2D eigenvalue weighted by atomic mass is 16.5. The molecule has 2 N–H and O–H groups in total. The lowest BCUT2D eigenvalue weighted by Crippen LogP contribution is -2.41. The summed E-state index contributed by atoms with van der Waals surface area (Å²) >= 11 is 0. The van der Waals surface area contributed by atoms with Crippen LogP contribution in [0.3, 0.4) is 0 Å². The van der Waals surface area contributed by atoms with Crippen molar-refractivity contribution < 1.29 is 9.84 Å². The van der Waals surface area contributed by atoms with Crippen LogP contribution in [0.5, 0.6) is 0 Å². The number of nitrogens with zero attached hydrogens (tertiary/aromatic N) is 1. The third-order valence-corrected chi connectivity index (χ3v) is 3.50. The molecule has 2 aliphatic rings. The number of ether oxygens (including phenoxy) is 1. The maximum Gasteiger partial charge on any atom is 0.0594 e. The number of rotatable bonds is 6. The average Bonchev–Trinajstić information content (AvgIpc) is 3.07. The van der Waals surface area contributed by atoms with Crippen LogP contribution in [0.1, 0.15) is 12.8 Å². The molecule has 0 aromatic rings. The topological polar surface area (TPSA) is 44.7 Å². The molecule has 1 heterocycles. The van der Waals surface area contributed by atoms with E-state index >= 15 is 0 Å². The lowest BCUT2D eigenvalue weighted by atomic mass is 10.1. The average molecular weight is 214 g/mol. The first-order chi connectivity index (χ1) is 7.35. The Labute approximate surface area is 91.6 Å². The van der Waals surface area contributed by atoms with E-state index in [-0.39, 0.29) is 5.41 Å². The number of aliphatic hydroxyl groups excluding tert-OH is 1. The van der Waals surface area contributed by atoms with Crippen molar-refractivity contribution in [1.29, 1.82) is 0 Å².